The minimum Gasteiger partial charge on any atom is -0.394 e. The van der Waals surface area contributed by atoms with Crippen LogP contribution in [-0.4, -0.2) is 73.4 Å². The maximum absolute atomic E-state index is 13.3. The van der Waals surface area contributed by atoms with E-state index in [1.165, 1.54) is 31.2 Å². The van der Waals surface area contributed by atoms with Crippen molar-refractivity contribution in [1.29, 1.82) is 0 Å². The van der Waals surface area contributed by atoms with Gasteiger partial charge in [0.1, 0.15) is 5.54 Å². The molecule has 12 heteroatoms. The molecule has 2 N–H and O–H groups in total. The summed E-state index contributed by atoms with van der Waals surface area (Å²) in [5, 5.41) is 11.9. The number of fused-ring (bicyclic) bond motifs is 1. The van der Waals surface area contributed by atoms with Crippen LogP contribution in [0.1, 0.15) is 26.2 Å². The van der Waals surface area contributed by atoms with Gasteiger partial charge in [-0.15, -0.1) is 0 Å². The van der Waals surface area contributed by atoms with Crippen molar-refractivity contribution in [3.05, 3.63) is 24.3 Å². The van der Waals surface area contributed by atoms with Crippen molar-refractivity contribution in [2.45, 2.75) is 36.6 Å². The van der Waals surface area contributed by atoms with E-state index in [0.29, 0.717) is 16.4 Å². The van der Waals surface area contributed by atoms with Crippen LogP contribution in [0.3, 0.4) is 0 Å². The van der Waals surface area contributed by atoms with Gasteiger partial charge in [-0.2, -0.15) is 4.31 Å². The molecule has 0 radical (unpaired) electrons. The molecule has 2 amide bonds. The van der Waals surface area contributed by atoms with Crippen LogP contribution in [0.5, 0.6) is 0 Å². The van der Waals surface area contributed by atoms with Gasteiger partial charge in [0.2, 0.25) is 15.9 Å². The number of sulfonamides is 2. The molecule has 0 bridgehead atoms. The van der Waals surface area contributed by atoms with E-state index in [0.717, 1.165) is 4.31 Å². The lowest BCUT2D eigenvalue weighted by molar-refractivity contribution is -0.135. The fourth-order valence-electron chi connectivity index (χ4n) is 3.93. The summed E-state index contributed by atoms with van der Waals surface area (Å²) in [5.74, 6) is -1.37. The van der Waals surface area contributed by atoms with E-state index >= 15 is 0 Å². The van der Waals surface area contributed by atoms with Crippen molar-refractivity contribution in [2.75, 3.05) is 30.8 Å². The molecule has 10 nitrogen and oxygen atoms in total. The zero-order valence-corrected chi connectivity index (χ0v) is 17.5. The Morgan fingerprint density at radius 1 is 1.24 bits per heavy atom. The summed E-state index contributed by atoms with van der Waals surface area (Å²) in [6.45, 7) is 0.406. The fraction of sp³-hybridized carbons (Fsp3) is 0.529. The molecule has 0 aromatic heterocycles. The first-order valence-electron chi connectivity index (χ1n) is 9.11. The van der Waals surface area contributed by atoms with E-state index in [1.54, 1.807) is 0 Å². The summed E-state index contributed by atoms with van der Waals surface area (Å²) in [5.41, 5.74) is -1.03. The third-order valence-electron chi connectivity index (χ3n) is 5.23. The SMILES string of the molecule is CC(=O)Nc1ccc(S(=O)(=O)N(CCO)C(=O)C23CCCN2S(=O)(=O)CC3)cc1. The van der Waals surface area contributed by atoms with Gasteiger partial charge in [-0.1, -0.05) is 0 Å². The van der Waals surface area contributed by atoms with Gasteiger partial charge in [-0.3, -0.25) is 9.59 Å². The first-order valence-corrected chi connectivity index (χ1v) is 12.2. The first kappa shape index (κ1) is 21.7. The maximum Gasteiger partial charge on any atom is 0.266 e. The number of amides is 2. The Hall–Kier alpha value is -2.02. The molecular weight excluding hydrogens is 422 g/mol. The third-order valence-corrected chi connectivity index (χ3v) is 8.95. The minimum atomic E-state index is -4.34. The molecule has 2 aliphatic rings. The molecule has 0 spiro atoms. The fourth-order valence-corrected chi connectivity index (χ4v) is 7.39. The van der Waals surface area contributed by atoms with Gasteiger partial charge in [0.25, 0.3) is 15.9 Å². The van der Waals surface area contributed by atoms with Gasteiger partial charge < -0.3 is 10.4 Å². The minimum absolute atomic E-state index is 0.0209. The highest BCUT2D eigenvalue weighted by molar-refractivity contribution is 7.90. The lowest BCUT2D eigenvalue weighted by atomic mass is 9.93. The molecule has 160 valence electrons. The summed E-state index contributed by atoms with van der Waals surface area (Å²) in [6, 6.07) is 5.26. The molecule has 1 unspecified atom stereocenters. The second kappa shape index (κ2) is 7.67. The second-order valence-electron chi connectivity index (χ2n) is 7.08. The number of benzene rings is 1. The van der Waals surface area contributed by atoms with Crippen LogP contribution in [0.2, 0.25) is 0 Å². The molecule has 0 aliphatic carbocycles. The number of aliphatic hydroxyl groups excluding tert-OH is 1. The molecular formula is C17H23N3O7S2. The van der Waals surface area contributed by atoms with Gasteiger partial charge in [-0.05, 0) is 43.5 Å². The van der Waals surface area contributed by atoms with Crippen LogP contribution in [0.25, 0.3) is 0 Å². The van der Waals surface area contributed by atoms with Crippen LogP contribution >= 0.6 is 0 Å². The highest BCUT2D eigenvalue weighted by Crippen LogP contribution is 2.43. The van der Waals surface area contributed by atoms with Gasteiger partial charge in [0, 0.05) is 19.2 Å². The highest BCUT2D eigenvalue weighted by Gasteiger charge is 2.59. The number of hydrogen-bond donors (Lipinski definition) is 2. The number of rotatable bonds is 6. The number of nitrogens with zero attached hydrogens (tertiary/aromatic N) is 2. The Morgan fingerprint density at radius 3 is 2.48 bits per heavy atom. The Morgan fingerprint density at radius 2 is 1.90 bits per heavy atom. The predicted octanol–water partition coefficient (Wildman–Crippen LogP) is -0.277. The Bertz CT molecular complexity index is 1020. The molecule has 1 aromatic rings. The summed E-state index contributed by atoms with van der Waals surface area (Å²) < 4.78 is 52.6. The van der Waals surface area contributed by atoms with E-state index < -0.39 is 44.6 Å². The van der Waals surface area contributed by atoms with Gasteiger partial charge in [-0.25, -0.2) is 21.1 Å². The number of carbonyl (C=O) groups excluding carboxylic acids is 2. The molecule has 1 aromatic carbocycles. The first-order chi connectivity index (χ1) is 13.5. The van der Waals surface area contributed by atoms with Crippen LogP contribution in [0, 0.1) is 0 Å². The number of carbonyl (C=O) groups is 2. The Balaban J connectivity index is 1.96. The molecule has 2 aliphatic heterocycles. The van der Waals surface area contributed by atoms with E-state index in [-0.39, 0.29) is 35.9 Å². The van der Waals surface area contributed by atoms with Crippen molar-refractivity contribution in [3.63, 3.8) is 0 Å². The average Bonchev–Trinajstić information content (AvgIpc) is 3.19. The maximum atomic E-state index is 13.3. The van der Waals surface area contributed by atoms with Crippen molar-refractivity contribution < 1.29 is 31.5 Å². The smallest absolute Gasteiger partial charge is 0.266 e. The number of aliphatic hydroxyl groups is 1. The summed E-state index contributed by atoms with van der Waals surface area (Å²) >= 11 is 0. The molecule has 1 atom stereocenters. The Labute approximate surface area is 169 Å². The van der Waals surface area contributed by atoms with Crippen LogP contribution in [-0.2, 0) is 29.6 Å². The van der Waals surface area contributed by atoms with Crippen LogP contribution < -0.4 is 5.32 Å². The molecule has 0 saturated carbocycles. The molecule has 2 fully saturated rings. The van der Waals surface area contributed by atoms with Crippen molar-refractivity contribution >= 4 is 37.5 Å². The largest absolute Gasteiger partial charge is 0.394 e. The summed E-state index contributed by atoms with van der Waals surface area (Å²) in [6.07, 6.45) is 0.723. The quantitative estimate of drug-likeness (QED) is 0.613. The molecule has 29 heavy (non-hydrogen) atoms. The standard InChI is InChI=1S/C17H23N3O7S2/c1-13(22)18-14-3-5-15(6-4-14)29(26,27)19(10-11-21)16(23)17-7-2-9-20(17)28(24,25)12-8-17/h3-6,21H,2,7-12H2,1H3,(H,18,22). The molecule has 2 saturated heterocycles. The van der Waals surface area contributed by atoms with Crippen molar-refractivity contribution in [1.82, 2.24) is 8.61 Å². The number of nitrogens with one attached hydrogen (secondary N) is 1. The zero-order chi connectivity index (χ0) is 21.4. The second-order valence-corrected chi connectivity index (χ2v) is 11.0. The van der Waals surface area contributed by atoms with Crippen LogP contribution in [0.15, 0.2) is 29.2 Å². The van der Waals surface area contributed by atoms with Crippen LogP contribution in [0.4, 0.5) is 5.69 Å². The predicted molar refractivity (Wildman–Crippen MR) is 104 cm³/mol. The van der Waals surface area contributed by atoms with Crippen molar-refractivity contribution in [2.24, 2.45) is 0 Å². The lowest BCUT2D eigenvalue weighted by Crippen LogP contribution is -2.56. The molecule has 3 rings (SSSR count). The van der Waals surface area contributed by atoms with E-state index in [9.17, 15) is 31.5 Å². The molecule has 2 heterocycles. The van der Waals surface area contributed by atoms with Gasteiger partial charge >= 0.3 is 0 Å². The zero-order valence-electron chi connectivity index (χ0n) is 15.9. The summed E-state index contributed by atoms with van der Waals surface area (Å²) in [4.78, 5) is 24.3. The van der Waals surface area contributed by atoms with Gasteiger partial charge in [0.05, 0.1) is 23.8 Å². The Kier molecular flexibility index (Phi) is 5.73. The average molecular weight is 446 g/mol. The van der Waals surface area contributed by atoms with Crippen molar-refractivity contribution in [3.8, 4) is 0 Å². The topological polar surface area (TPSA) is 141 Å². The van der Waals surface area contributed by atoms with E-state index in [2.05, 4.69) is 5.32 Å². The van der Waals surface area contributed by atoms with E-state index in [4.69, 9.17) is 0 Å². The number of hydrogen-bond acceptors (Lipinski definition) is 7. The highest BCUT2D eigenvalue weighted by atomic mass is 32.2. The van der Waals surface area contributed by atoms with Gasteiger partial charge in [0.15, 0.2) is 0 Å². The third kappa shape index (κ3) is 3.77. The monoisotopic (exact) mass is 445 g/mol. The normalized spacial score (nSPS) is 23.5. The lowest BCUT2D eigenvalue weighted by Gasteiger charge is -2.34. The summed E-state index contributed by atoms with van der Waals surface area (Å²) in [7, 11) is -7.95. The number of anilines is 1. The van der Waals surface area contributed by atoms with E-state index in [1.807, 2.05) is 0 Å².